The molecule has 0 aromatic rings. The van der Waals surface area contributed by atoms with Gasteiger partial charge in [-0.25, -0.2) is 0 Å². The Bertz CT molecular complexity index is 329. The van der Waals surface area contributed by atoms with Crippen molar-refractivity contribution in [2.24, 2.45) is 0 Å². The molecule has 0 aromatic carbocycles. The second-order valence-electron chi connectivity index (χ2n) is 3.62. The lowest BCUT2D eigenvalue weighted by molar-refractivity contribution is -0.270. The minimum absolute atomic E-state index is 0.231. The van der Waals surface area contributed by atoms with Gasteiger partial charge in [-0.05, 0) is 13.8 Å². The molecule has 1 N–H and O–H groups in total. The summed E-state index contributed by atoms with van der Waals surface area (Å²) >= 11 is 0. The zero-order chi connectivity index (χ0) is 14.7. The summed E-state index contributed by atoms with van der Waals surface area (Å²) in [6.45, 7) is 2.84. The lowest BCUT2D eigenvalue weighted by Crippen LogP contribution is -2.55. The van der Waals surface area contributed by atoms with Crippen molar-refractivity contribution in [1.29, 1.82) is 0 Å². The minimum Gasteiger partial charge on any atom is -0.344 e. The molecule has 0 aliphatic carbocycles. The van der Waals surface area contributed by atoms with Crippen molar-refractivity contribution in [1.82, 2.24) is 10.2 Å². The van der Waals surface area contributed by atoms with Gasteiger partial charge in [0.15, 0.2) is 0 Å². The van der Waals surface area contributed by atoms with Crippen molar-refractivity contribution in [3.63, 3.8) is 0 Å². The van der Waals surface area contributed by atoms with Crippen LogP contribution in [0.15, 0.2) is 0 Å². The lowest BCUT2D eigenvalue weighted by atomic mass is 10.2. The Morgan fingerprint density at radius 2 is 1.67 bits per heavy atom. The van der Waals surface area contributed by atoms with Gasteiger partial charge >= 0.3 is 18.0 Å². The molecule has 0 aromatic heterocycles. The first-order chi connectivity index (χ1) is 7.95. The van der Waals surface area contributed by atoms with Crippen molar-refractivity contribution in [2.75, 3.05) is 13.6 Å². The molecule has 0 spiro atoms. The van der Waals surface area contributed by atoms with Gasteiger partial charge in [0, 0.05) is 13.6 Å². The maximum absolute atomic E-state index is 12.6. The number of amides is 2. The van der Waals surface area contributed by atoms with Crippen molar-refractivity contribution in [2.45, 2.75) is 32.0 Å². The van der Waals surface area contributed by atoms with Crippen LogP contribution in [0.1, 0.15) is 13.8 Å². The second-order valence-corrected chi connectivity index (χ2v) is 3.62. The van der Waals surface area contributed by atoms with E-state index in [0.29, 0.717) is 0 Å². The van der Waals surface area contributed by atoms with E-state index in [1.54, 1.807) is 6.92 Å². The van der Waals surface area contributed by atoms with Crippen molar-refractivity contribution < 1.29 is 31.5 Å². The Labute approximate surface area is 100 Å². The standard InChI is InChI=1S/C9H13F5N2O2/c1-4-16(3)6(17)5(2)15-7(18)8(10,11)9(12,13)14/h5H,4H2,1-3H3,(H,15,18). The second kappa shape index (κ2) is 5.49. The summed E-state index contributed by atoms with van der Waals surface area (Å²) in [4.78, 5) is 23.2. The number of carbonyl (C=O) groups excluding carboxylic acids is 2. The van der Waals surface area contributed by atoms with E-state index in [-0.39, 0.29) is 6.54 Å². The molecule has 0 aliphatic rings. The van der Waals surface area contributed by atoms with E-state index in [1.165, 1.54) is 12.4 Å². The molecule has 0 rings (SSSR count). The Morgan fingerprint density at radius 3 is 2.00 bits per heavy atom. The fourth-order valence-corrected chi connectivity index (χ4v) is 0.964. The molecule has 1 unspecified atom stereocenters. The van der Waals surface area contributed by atoms with Crippen LogP contribution in [0.3, 0.4) is 0 Å². The van der Waals surface area contributed by atoms with E-state index in [9.17, 15) is 31.5 Å². The predicted octanol–water partition coefficient (Wildman–Crippen LogP) is 1.17. The van der Waals surface area contributed by atoms with E-state index in [0.717, 1.165) is 11.8 Å². The highest BCUT2D eigenvalue weighted by Crippen LogP contribution is 2.35. The van der Waals surface area contributed by atoms with Crippen LogP contribution >= 0.6 is 0 Å². The topological polar surface area (TPSA) is 49.4 Å². The highest BCUT2D eigenvalue weighted by Gasteiger charge is 2.63. The first-order valence-electron chi connectivity index (χ1n) is 4.95. The minimum atomic E-state index is -5.99. The van der Waals surface area contributed by atoms with Gasteiger partial charge in [-0.2, -0.15) is 22.0 Å². The molecule has 0 heterocycles. The van der Waals surface area contributed by atoms with Crippen LogP contribution < -0.4 is 5.32 Å². The summed E-state index contributed by atoms with van der Waals surface area (Å²) in [5.41, 5.74) is 0. The third-order valence-electron chi connectivity index (χ3n) is 2.21. The van der Waals surface area contributed by atoms with Crippen molar-refractivity contribution >= 4 is 11.8 Å². The van der Waals surface area contributed by atoms with Gasteiger partial charge < -0.3 is 10.2 Å². The monoisotopic (exact) mass is 276 g/mol. The van der Waals surface area contributed by atoms with E-state index in [4.69, 9.17) is 0 Å². The molecule has 0 fully saturated rings. The van der Waals surface area contributed by atoms with Crippen LogP contribution in [-0.2, 0) is 9.59 Å². The summed E-state index contributed by atoms with van der Waals surface area (Å²) in [6, 6.07) is -1.46. The van der Waals surface area contributed by atoms with Gasteiger partial charge in [-0.15, -0.1) is 0 Å². The molecule has 1 atom stereocenters. The summed E-state index contributed by atoms with van der Waals surface area (Å²) in [5, 5.41) is 1.34. The number of likely N-dealkylation sites (N-methyl/N-ethyl adjacent to an activating group) is 1. The molecule has 0 radical (unpaired) electrons. The first-order valence-corrected chi connectivity index (χ1v) is 4.95. The molecule has 18 heavy (non-hydrogen) atoms. The molecule has 4 nitrogen and oxygen atoms in total. The maximum Gasteiger partial charge on any atom is 0.463 e. The third-order valence-corrected chi connectivity index (χ3v) is 2.21. The Morgan fingerprint density at radius 1 is 1.22 bits per heavy atom. The Kier molecular flexibility index (Phi) is 5.06. The largest absolute Gasteiger partial charge is 0.463 e. The lowest BCUT2D eigenvalue weighted by Gasteiger charge is -2.23. The zero-order valence-electron chi connectivity index (χ0n) is 9.94. The number of hydrogen-bond donors (Lipinski definition) is 1. The summed E-state index contributed by atoms with van der Waals surface area (Å²) in [6.07, 6.45) is -5.99. The van der Waals surface area contributed by atoms with Gasteiger partial charge in [0.1, 0.15) is 6.04 Å². The number of halogens is 5. The van der Waals surface area contributed by atoms with Gasteiger partial charge in [-0.3, -0.25) is 9.59 Å². The van der Waals surface area contributed by atoms with E-state index >= 15 is 0 Å². The Hall–Kier alpha value is -1.41. The first kappa shape index (κ1) is 16.6. The van der Waals surface area contributed by atoms with Crippen LogP contribution in [0.25, 0.3) is 0 Å². The highest BCUT2D eigenvalue weighted by atomic mass is 19.4. The average Bonchev–Trinajstić information content (AvgIpc) is 2.24. The summed E-state index contributed by atoms with van der Waals surface area (Å²) < 4.78 is 60.7. The third kappa shape index (κ3) is 3.54. The fourth-order valence-electron chi connectivity index (χ4n) is 0.964. The number of nitrogens with zero attached hydrogens (tertiary/aromatic N) is 1. The van der Waals surface area contributed by atoms with E-state index in [1.807, 2.05) is 0 Å². The predicted molar refractivity (Wildman–Crippen MR) is 51.9 cm³/mol. The Balaban J connectivity index is 4.73. The van der Waals surface area contributed by atoms with Crippen LogP contribution in [0.2, 0.25) is 0 Å². The van der Waals surface area contributed by atoms with Crippen LogP contribution in [0, 0.1) is 0 Å². The number of rotatable bonds is 4. The SMILES string of the molecule is CCN(C)C(=O)C(C)NC(=O)C(F)(F)C(F)(F)F. The van der Waals surface area contributed by atoms with Gasteiger partial charge in [-0.1, -0.05) is 0 Å². The van der Waals surface area contributed by atoms with Crippen molar-refractivity contribution in [3.05, 3.63) is 0 Å². The van der Waals surface area contributed by atoms with Gasteiger partial charge in [0.25, 0.3) is 0 Å². The van der Waals surface area contributed by atoms with Gasteiger partial charge in [0.05, 0.1) is 0 Å². The highest BCUT2D eigenvalue weighted by molar-refractivity contribution is 5.90. The van der Waals surface area contributed by atoms with Crippen LogP contribution in [-0.4, -0.2) is 48.4 Å². The van der Waals surface area contributed by atoms with Crippen LogP contribution in [0.4, 0.5) is 22.0 Å². The molecule has 2 amide bonds. The smallest absolute Gasteiger partial charge is 0.344 e. The van der Waals surface area contributed by atoms with Gasteiger partial charge in [0.2, 0.25) is 5.91 Å². The zero-order valence-corrected chi connectivity index (χ0v) is 9.94. The summed E-state index contributed by atoms with van der Waals surface area (Å²) in [5.74, 6) is -8.82. The molecule has 9 heteroatoms. The van der Waals surface area contributed by atoms with Crippen LogP contribution in [0.5, 0.6) is 0 Å². The van der Waals surface area contributed by atoms with E-state index in [2.05, 4.69) is 0 Å². The molecule has 0 saturated carbocycles. The maximum atomic E-state index is 12.6. The number of hydrogen-bond acceptors (Lipinski definition) is 2. The van der Waals surface area contributed by atoms with Crippen molar-refractivity contribution in [3.8, 4) is 0 Å². The normalized spacial score (nSPS) is 14.0. The number of nitrogens with one attached hydrogen (secondary N) is 1. The molecule has 0 saturated heterocycles. The number of alkyl halides is 5. The molecule has 0 aliphatic heterocycles. The number of carbonyl (C=O) groups is 2. The fraction of sp³-hybridized carbons (Fsp3) is 0.778. The summed E-state index contributed by atoms with van der Waals surface area (Å²) in [7, 11) is 1.33. The molecular weight excluding hydrogens is 263 g/mol. The molecular formula is C9H13F5N2O2. The quantitative estimate of drug-likeness (QED) is 0.783. The average molecular weight is 276 g/mol. The van der Waals surface area contributed by atoms with E-state index < -0.39 is 30.0 Å². The molecule has 0 bridgehead atoms. The molecule has 106 valence electrons.